The first-order valence-electron chi connectivity index (χ1n) is 6.60. The minimum absolute atomic E-state index is 1.07. The Balaban J connectivity index is 2.16. The van der Waals surface area contributed by atoms with Crippen LogP contribution in [0.15, 0.2) is 30.3 Å². The topological polar surface area (TPSA) is 12.0 Å². The van der Waals surface area contributed by atoms with Gasteiger partial charge < -0.3 is 5.32 Å². The van der Waals surface area contributed by atoms with E-state index in [2.05, 4.69) is 56.4 Å². The lowest BCUT2D eigenvalue weighted by Crippen LogP contribution is -1.91. The number of benzene rings is 2. The number of hydrogen-bond acceptors (Lipinski definition) is 1. The summed E-state index contributed by atoms with van der Waals surface area (Å²) < 4.78 is 0. The third-order valence-electron chi connectivity index (χ3n) is 3.78. The van der Waals surface area contributed by atoms with Gasteiger partial charge in [0.2, 0.25) is 0 Å². The molecule has 0 atom stereocenters. The predicted molar refractivity (Wildman–Crippen MR) is 78.3 cm³/mol. The van der Waals surface area contributed by atoms with Crippen molar-refractivity contribution in [2.45, 2.75) is 27.2 Å². The van der Waals surface area contributed by atoms with Gasteiger partial charge in [0.15, 0.2) is 0 Å². The molecule has 3 rings (SSSR count). The van der Waals surface area contributed by atoms with Gasteiger partial charge in [-0.1, -0.05) is 23.8 Å². The zero-order valence-electron chi connectivity index (χ0n) is 11.3. The van der Waals surface area contributed by atoms with Crippen LogP contribution >= 0.6 is 0 Å². The maximum absolute atomic E-state index is 3.42. The van der Waals surface area contributed by atoms with Gasteiger partial charge in [0.25, 0.3) is 0 Å². The molecule has 1 aliphatic rings. The molecule has 0 saturated heterocycles. The van der Waals surface area contributed by atoms with E-state index in [-0.39, 0.29) is 0 Å². The average Bonchev–Trinajstić information content (AvgIpc) is 2.74. The molecule has 0 fully saturated rings. The van der Waals surface area contributed by atoms with Crippen molar-refractivity contribution in [2.75, 3.05) is 11.9 Å². The second kappa shape index (κ2) is 4.16. The molecule has 2 aromatic rings. The van der Waals surface area contributed by atoms with Crippen LogP contribution in [0.5, 0.6) is 0 Å². The van der Waals surface area contributed by atoms with Crippen molar-refractivity contribution in [1.82, 2.24) is 0 Å². The monoisotopic (exact) mass is 237 g/mol. The average molecular weight is 237 g/mol. The summed E-state index contributed by atoms with van der Waals surface area (Å²) in [4.78, 5) is 0. The Kier molecular flexibility index (Phi) is 2.62. The maximum atomic E-state index is 3.42. The molecule has 18 heavy (non-hydrogen) atoms. The zero-order chi connectivity index (χ0) is 12.7. The molecule has 0 unspecified atom stereocenters. The Morgan fingerprint density at radius 2 is 1.67 bits per heavy atom. The zero-order valence-corrected chi connectivity index (χ0v) is 11.3. The van der Waals surface area contributed by atoms with Gasteiger partial charge in [-0.05, 0) is 67.1 Å². The largest absolute Gasteiger partial charge is 0.384 e. The van der Waals surface area contributed by atoms with E-state index >= 15 is 0 Å². The molecule has 1 aliphatic heterocycles. The SMILES string of the molecule is Cc1cc(C)c(-c2ccc3c(c2)CCN3)c(C)c1. The second-order valence-electron chi connectivity index (χ2n) is 5.32. The van der Waals surface area contributed by atoms with Crippen LogP contribution in [0, 0.1) is 20.8 Å². The van der Waals surface area contributed by atoms with E-state index in [1.807, 2.05) is 0 Å². The number of nitrogens with one attached hydrogen (secondary N) is 1. The molecular weight excluding hydrogens is 218 g/mol. The number of rotatable bonds is 1. The van der Waals surface area contributed by atoms with Crippen molar-refractivity contribution < 1.29 is 0 Å². The first kappa shape index (κ1) is 11.3. The van der Waals surface area contributed by atoms with Crippen LogP contribution in [0.2, 0.25) is 0 Å². The van der Waals surface area contributed by atoms with Gasteiger partial charge in [-0.15, -0.1) is 0 Å². The number of fused-ring (bicyclic) bond motifs is 1. The van der Waals surface area contributed by atoms with Crippen LogP contribution < -0.4 is 5.32 Å². The summed E-state index contributed by atoms with van der Waals surface area (Å²) in [6, 6.07) is 11.3. The summed E-state index contributed by atoms with van der Waals surface area (Å²) in [5.41, 5.74) is 9.60. The normalized spacial score (nSPS) is 13.3. The van der Waals surface area contributed by atoms with Crippen molar-refractivity contribution in [3.05, 3.63) is 52.6 Å². The Labute approximate surface area is 109 Å². The molecule has 0 bridgehead atoms. The lowest BCUT2D eigenvalue weighted by Gasteiger charge is -2.13. The Morgan fingerprint density at radius 3 is 2.39 bits per heavy atom. The Hall–Kier alpha value is -1.76. The van der Waals surface area contributed by atoms with Gasteiger partial charge in [-0.2, -0.15) is 0 Å². The highest BCUT2D eigenvalue weighted by Crippen LogP contribution is 2.32. The molecule has 0 saturated carbocycles. The third-order valence-corrected chi connectivity index (χ3v) is 3.78. The van der Waals surface area contributed by atoms with Crippen molar-refractivity contribution >= 4 is 5.69 Å². The second-order valence-corrected chi connectivity index (χ2v) is 5.32. The fourth-order valence-electron chi connectivity index (χ4n) is 3.10. The van der Waals surface area contributed by atoms with E-state index in [1.54, 1.807) is 0 Å². The van der Waals surface area contributed by atoms with Gasteiger partial charge in [0.1, 0.15) is 0 Å². The lowest BCUT2D eigenvalue weighted by atomic mass is 9.92. The van der Waals surface area contributed by atoms with E-state index in [0.29, 0.717) is 0 Å². The summed E-state index contributed by atoms with van der Waals surface area (Å²) in [7, 11) is 0. The van der Waals surface area contributed by atoms with Crippen LogP contribution in [-0.4, -0.2) is 6.54 Å². The summed E-state index contributed by atoms with van der Waals surface area (Å²) >= 11 is 0. The Morgan fingerprint density at radius 1 is 0.944 bits per heavy atom. The van der Waals surface area contributed by atoms with Gasteiger partial charge in [-0.3, -0.25) is 0 Å². The molecular formula is C17H19N. The lowest BCUT2D eigenvalue weighted by molar-refractivity contribution is 1.11. The summed E-state index contributed by atoms with van der Waals surface area (Å²) in [6.45, 7) is 7.66. The molecule has 0 radical (unpaired) electrons. The van der Waals surface area contributed by atoms with Crippen molar-refractivity contribution in [3.8, 4) is 11.1 Å². The highest BCUT2D eigenvalue weighted by molar-refractivity contribution is 5.75. The van der Waals surface area contributed by atoms with E-state index in [4.69, 9.17) is 0 Å². The summed E-state index contributed by atoms with van der Waals surface area (Å²) in [5.74, 6) is 0. The van der Waals surface area contributed by atoms with Crippen LogP contribution in [0.1, 0.15) is 22.3 Å². The van der Waals surface area contributed by atoms with Gasteiger partial charge in [0.05, 0.1) is 0 Å². The maximum Gasteiger partial charge on any atom is 0.0373 e. The molecule has 0 amide bonds. The van der Waals surface area contributed by atoms with Gasteiger partial charge in [0, 0.05) is 12.2 Å². The van der Waals surface area contributed by atoms with Crippen LogP contribution in [0.4, 0.5) is 5.69 Å². The van der Waals surface area contributed by atoms with Crippen LogP contribution in [-0.2, 0) is 6.42 Å². The number of aryl methyl sites for hydroxylation is 3. The van der Waals surface area contributed by atoms with Gasteiger partial charge in [-0.25, -0.2) is 0 Å². The Bertz CT molecular complexity index is 588. The molecule has 0 spiro atoms. The molecule has 0 aromatic heterocycles. The fourth-order valence-corrected chi connectivity index (χ4v) is 3.10. The minimum atomic E-state index is 1.07. The van der Waals surface area contributed by atoms with Crippen molar-refractivity contribution in [1.29, 1.82) is 0 Å². The molecule has 1 heteroatoms. The smallest absolute Gasteiger partial charge is 0.0373 e. The molecule has 2 aromatic carbocycles. The van der Waals surface area contributed by atoms with Crippen LogP contribution in [0.3, 0.4) is 0 Å². The van der Waals surface area contributed by atoms with E-state index < -0.39 is 0 Å². The van der Waals surface area contributed by atoms with E-state index in [0.717, 1.165) is 13.0 Å². The standard InChI is InChI=1S/C17H19N/c1-11-8-12(2)17(13(3)9-11)15-4-5-16-14(10-15)6-7-18-16/h4-5,8-10,18H,6-7H2,1-3H3. The highest BCUT2D eigenvalue weighted by Gasteiger charge is 2.12. The summed E-state index contributed by atoms with van der Waals surface area (Å²) in [6.07, 6.45) is 1.15. The van der Waals surface area contributed by atoms with Gasteiger partial charge >= 0.3 is 0 Å². The van der Waals surface area contributed by atoms with Crippen molar-refractivity contribution in [3.63, 3.8) is 0 Å². The van der Waals surface area contributed by atoms with Crippen LogP contribution in [0.25, 0.3) is 11.1 Å². The number of hydrogen-bond donors (Lipinski definition) is 1. The first-order valence-corrected chi connectivity index (χ1v) is 6.60. The molecule has 0 aliphatic carbocycles. The highest BCUT2D eigenvalue weighted by atomic mass is 14.9. The first-order chi connectivity index (χ1) is 8.65. The van der Waals surface area contributed by atoms with E-state index in [1.165, 1.54) is 39.1 Å². The third kappa shape index (κ3) is 1.80. The quantitative estimate of drug-likeness (QED) is 0.782. The minimum Gasteiger partial charge on any atom is -0.384 e. The van der Waals surface area contributed by atoms with Crippen molar-refractivity contribution in [2.24, 2.45) is 0 Å². The fraction of sp³-hybridized carbons (Fsp3) is 0.294. The van der Waals surface area contributed by atoms with E-state index in [9.17, 15) is 0 Å². The molecule has 1 N–H and O–H groups in total. The summed E-state index contributed by atoms with van der Waals surface area (Å²) in [5, 5.41) is 3.42. The predicted octanol–water partition coefficient (Wildman–Crippen LogP) is 4.25. The molecule has 1 nitrogen and oxygen atoms in total. The number of anilines is 1. The molecule has 1 heterocycles. The molecule has 92 valence electrons.